The first-order chi connectivity index (χ1) is 11.0. The lowest BCUT2D eigenvalue weighted by Gasteiger charge is -2.07. The first kappa shape index (κ1) is 16.8. The van der Waals surface area contributed by atoms with Crippen LogP contribution in [0.5, 0.6) is 11.5 Å². The van der Waals surface area contributed by atoms with E-state index < -0.39 is 5.91 Å². The monoisotopic (exact) mass is 420 g/mol. The summed E-state index contributed by atoms with van der Waals surface area (Å²) in [7, 11) is 1.44. The van der Waals surface area contributed by atoms with Gasteiger partial charge in [0.15, 0.2) is 11.5 Å². The Kier molecular flexibility index (Phi) is 5.60. The number of nitrogens with zero attached hydrogens (tertiary/aromatic N) is 1. The summed E-state index contributed by atoms with van der Waals surface area (Å²) in [5.41, 5.74) is 1.15. The van der Waals surface area contributed by atoms with Crippen LogP contribution < -0.4 is 10.1 Å². The topological polar surface area (TPSA) is 82.3 Å². The van der Waals surface area contributed by atoms with E-state index in [0.29, 0.717) is 14.8 Å². The fourth-order valence-corrected chi connectivity index (χ4v) is 2.49. The molecule has 0 aliphatic rings. The van der Waals surface area contributed by atoms with Gasteiger partial charge in [0.1, 0.15) is 11.6 Å². The van der Waals surface area contributed by atoms with Crippen LogP contribution in [-0.4, -0.2) is 18.1 Å². The van der Waals surface area contributed by atoms with Crippen LogP contribution >= 0.6 is 22.6 Å². The molecule has 116 valence electrons. The Balaban J connectivity index is 2.30. The van der Waals surface area contributed by atoms with E-state index in [1.165, 1.54) is 13.2 Å². The average Bonchev–Trinajstić information content (AvgIpc) is 2.56. The minimum absolute atomic E-state index is 0.0255. The molecule has 23 heavy (non-hydrogen) atoms. The highest BCUT2D eigenvalue weighted by atomic mass is 127. The second kappa shape index (κ2) is 7.65. The van der Waals surface area contributed by atoms with Gasteiger partial charge in [0.05, 0.1) is 10.7 Å². The first-order valence-corrected chi connectivity index (χ1v) is 7.67. The number of carbonyl (C=O) groups is 1. The third-order valence-corrected chi connectivity index (χ3v) is 3.80. The highest BCUT2D eigenvalue weighted by Crippen LogP contribution is 2.33. The minimum atomic E-state index is -0.499. The second-order valence-electron chi connectivity index (χ2n) is 4.54. The molecule has 0 fully saturated rings. The normalized spacial score (nSPS) is 10.7. The predicted molar refractivity (Wildman–Crippen MR) is 96.0 cm³/mol. The maximum atomic E-state index is 12.2. The van der Waals surface area contributed by atoms with Crippen molar-refractivity contribution >= 4 is 40.3 Å². The number of nitrogens with one attached hydrogen (secondary N) is 1. The number of phenols is 1. The molecule has 0 bridgehead atoms. The number of amides is 1. The Bertz CT molecular complexity index is 795. The third-order valence-electron chi connectivity index (χ3n) is 2.98. The predicted octanol–water partition coefficient (Wildman–Crippen LogP) is 3.55. The molecule has 0 aliphatic carbocycles. The van der Waals surface area contributed by atoms with Gasteiger partial charge in [-0.25, -0.2) is 0 Å². The van der Waals surface area contributed by atoms with Gasteiger partial charge in [-0.15, -0.1) is 0 Å². The van der Waals surface area contributed by atoms with Crippen LogP contribution in [0.4, 0.5) is 5.69 Å². The van der Waals surface area contributed by atoms with E-state index in [1.807, 2.05) is 34.7 Å². The Morgan fingerprint density at radius 2 is 2.04 bits per heavy atom. The smallest absolute Gasteiger partial charge is 0.266 e. The molecule has 0 atom stereocenters. The Labute approximate surface area is 147 Å². The van der Waals surface area contributed by atoms with Crippen LogP contribution in [-0.2, 0) is 4.79 Å². The van der Waals surface area contributed by atoms with Gasteiger partial charge >= 0.3 is 0 Å². The van der Waals surface area contributed by atoms with Crippen LogP contribution in [0.15, 0.2) is 48.0 Å². The number of aromatic hydroxyl groups is 1. The zero-order valence-electron chi connectivity index (χ0n) is 12.2. The molecule has 2 rings (SSSR count). The molecule has 2 N–H and O–H groups in total. The molecule has 6 heteroatoms. The molecule has 0 aromatic heterocycles. The van der Waals surface area contributed by atoms with Gasteiger partial charge in [-0.1, -0.05) is 18.2 Å². The summed E-state index contributed by atoms with van der Waals surface area (Å²) in [6, 6.07) is 14.0. The number of para-hydroxylation sites is 1. The number of hydrogen-bond acceptors (Lipinski definition) is 4. The zero-order valence-corrected chi connectivity index (χ0v) is 14.4. The van der Waals surface area contributed by atoms with Crippen molar-refractivity contribution in [1.82, 2.24) is 0 Å². The minimum Gasteiger partial charge on any atom is -0.504 e. The lowest BCUT2D eigenvalue weighted by Crippen LogP contribution is -2.13. The van der Waals surface area contributed by atoms with Crippen LogP contribution in [0, 0.1) is 14.9 Å². The van der Waals surface area contributed by atoms with Crippen molar-refractivity contribution in [3.8, 4) is 17.6 Å². The van der Waals surface area contributed by atoms with Gasteiger partial charge in [0.25, 0.3) is 5.91 Å². The number of rotatable bonds is 4. The number of anilines is 1. The summed E-state index contributed by atoms with van der Waals surface area (Å²) in [5.74, 6) is -0.192. The first-order valence-electron chi connectivity index (χ1n) is 6.60. The molecule has 0 unspecified atom stereocenters. The van der Waals surface area contributed by atoms with Crippen LogP contribution in [0.25, 0.3) is 6.08 Å². The summed E-state index contributed by atoms with van der Waals surface area (Å²) < 4.78 is 5.63. The maximum Gasteiger partial charge on any atom is 0.266 e. The molecule has 5 nitrogen and oxygen atoms in total. The van der Waals surface area contributed by atoms with Crippen molar-refractivity contribution in [2.45, 2.75) is 0 Å². The van der Waals surface area contributed by atoms with E-state index >= 15 is 0 Å². The molecule has 0 radical (unpaired) electrons. The molecule has 2 aromatic rings. The van der Waals surface area contributed by atoms with Crippen molar-refractivity contribution in [3.05, 3.63) is 57.2 Å². The quantitative estimate of drug-likeness (QED) is 0.450. The average molecular weight is 420 g/mol. The number of ether oxygens (including phenoxy) is 1. The third kappa shape index (κ3) is 4.23. The van der Waals surface area contributed by atoms with E-state index in [2.05, 4.69) is 5.32 Å². The standard InChI is InChI=1S/C17H13IN2O3/c1-23-15-9-11(8-14(18)16(15)21)7-12(10-19)17(22)20-13-5-3-2-4-6-13/h2-9,21H,1H3,(H,20,22)/b12-7-. The number of carbonyl (C=O) groups excluding carboxylic acids is 1. The van der Waals surface area contributed by atoms with E-state index in [4.69, 9.17) is 4.74 Å². The van der Waals surface area contributed by atoms with Crippen LogP contribution in [0.2, 0.25) is 0 Å². The summed E-state index contributed by atoms with van der Waals surface area (Å²) in [6.07, 6.45) is 1.45. The maximum absolute atomic E-state index is 12.2. The summed E-state index contributed by atoms with van der Waals surface area (Å²) in [6.45, 7) is 0. The largest absolute Gasteiger partial charge is 0.504 e. The van der Waals surface area contributed by atoms with Crippen molar-refractivity contribution in [2.75, 3.05) is 12.4 Å². The highest BCUT2D eigenvalue weighted by molar-refractivity contribution is 14.1. The van der Waals surface area contributed by atoms with Crippen molar-refractivity contribution in [2.24, 2.45) is 0 Å². The Morgan fingerprint density at radius 3 is 2.65 bits per heavy atom. The number of nitriles is 1. The van der Waals surface area contributed by atoms with E-state index in [1.54, 1.807) is 36.4 Å². The lowest BCUT2D eigenvalue weighted by molar-refractivity contribution is -0.112. The van der Waals surface area contributed by atoms with Crippen LogP contribution in [0.1, 0.15) is 5.56 Å². The van der Waals surface area contributed by atoms with Crippen molar-refractivity contribution in [1.29, 1.82) is 5.26 Å². The highest BCUT2D eigenvalue weighted by Gasteiger charge is 2.12. The molecule has 0 saturated carbocycles. The number of methoxy groups -OCH3 is 1. The Morgan fingerprint density at radius 1 is 1.35 bits per heavy atom. The molecule has 2 aromatic carbocycles. The van der Waals surface area contributed by atoms with Crippen LogP contribution in [0.3, 0.4) is 0 Å². The number of benzene rings is 2. The molecular formula is C17H13IN2O3. The van der Waals surface area contributed by atoms with Gasteiger partial charge in [-0.2, -0.15) is 5.26 Å². The van der Waals surface area contributed by atoms with E-state index in [9.17, 15) is 15.2 Å². The number of halogens is 1. The number of hydrogen-bond donors (Lipinski definition) is 2. The molecule has 0 spiro atoms. The molecule has 0 heterocycles. The summed E-state index contributed by atoms with van der Waals surface area (Å²) >= 11 is 1.95. The zero-order chi connectivity index (χ0) is 16.8. The van der Waals surface area contributed by atoms with Gasteiger partial charge in [0.2, 0.25) is 0 Å². The second-order valence-corrected chi connectivity index (χ2v) is 5.71. The van der Waals surface area contributed by atoms with Gasteiger partial charge < -0.3 is 15.2 Å². The fraction of sp³-hybridized carbons (Fsp3) is 0.0588. The molecule has 0 saturated heterocycles. The summed E-state index contributed by atoms with van der Waals surface area (Å²) in [4.78, 5) is 12.2. The molecular weight excluding hydrogens is 407 g/mol. The van der Waals surface area contributed by atoms with Crippen molar-refractivity contribution < 1.29 is 14.6 Å². The fourth-order valence-electron chi connectivity index (χ4n) is 1.87. The van der Waals surface area contributed by atoms with Gasteiger partial charge in [0, 0.05) is 5.69 Å². The molecule has 0 aliphatic heterocycles. The van der Waals surface area contributed by atoms with Crippen molar-refractivity contribution in [3.63, 3.8) is 0 Å². The van der Waals surface area contributed by atoms with E-state index in [-0.39, 0.29) is 17.1 Å². The summed E-state index contributed by atoms with van der Waals surface area (Å²) in [5, 5.41) is 21.7. The molecule has 1 amide bonds. The van der Waals surface area contributed by atoms with E-state index in [0.717, 1.165) is 0 Å². The number of phenolic OH excluding ortho intramolecular Hbond substituents is 1. The van der Waals surface area contributed by atoms with Gasteiger partial charge in [-0.05, 0) is 58.5 Å². The Hall–Kier alpha value is -2.53. The SMILES string of the molecule is COc1cc(/C=C(/C#N)C(=O)Nc2ccccc2)cc(I)c1O. The van der Waals surface area contributed by atoms with Gasteiger partial charge in [-0.3, -0.25) is 4.79 Å². The lowest BCUT2D eigenvalue weighted by atomic mass is 10.1.